The molecule has 0 aromatic heterocycles. The summed E-state index contributed by atoms with van der Waals surface area (Å²) in [5.74, 6) is -7.96. The minimum absolute atomic E-state index is 0.0748. The van der Waals surface area contributed by atoms with Crippen LogP contribution >= 0.6 is 0 Å². The summed E-state index contributed by atoms with van der Waals surface area (Å²) in [6.45, 7) is 1.76. The van der Waals surface area contributed by atoms with E-state index in [-0.39, 0.29) is 29.3 Å². The maximum Gasteiger partial charge on any atom is 0.429 e. The number of halogens is 9. The highest BCUT2D eigenvalue weighted by atomic mass is 19.4. The van der Waals surface area contributed by atoms with Gasteiger partial charge in [0.1, 0.15) is 22.9 Å². The molecule has 174 valence electrons. The van der Waals surface area contributed by atoms with Crippen LogP contribution in [0.25, 0.3) is 17.2 Å². The Morgan fingerprint density at radius 1 is 0.758 bits per heavy atom. The molecule has 0 saturated heterocycles. The predicted molar refractivity (Wildman–Crippen MR) is 103 cm³/mol. The zero-order valence-corrected chi connectivity index (χ0v) is 16.6. The average Bonchev–Trinajstić information content (AvgIpc) is 2.69. The minimum atomic E-state index is -4.87. The normalized spacial score (nSPS) is 12.4. The lowest BCUT2D eigenvalue weighted by atomic mass is 10.0. The number of aryl methyl sites for hydroxylation is 1. The van der Waals surface area contributed by atoms with Gasteiger partial charge >= 0.3 is 12.3 Å². The fourth-order valence-electron chi connectivity index (χ4n) is 2.89. The molecule has 0 bridgehead atoms. The van der Waals surface area contributed by atoms with Gasteiger partial charge in [-0.25, -0.2) is 17.6 Å². The molecule has 0 saturated carbocycles. The van der Waals surface area contributed by atoms with Crippen molar-refractivity contribution in [2.24, 2.45) is 0 Å². The summed E-state index contributed by atoms with van der Waals surface area (Å²) in [4.78, 5) is 0. The van der Waals surface area contributed by atoms with Crippen molar-refractivity contribution >= 4 is 6.08 Å². The van der Waals surface area contributed by atoms with Crippen molar-refractivity contribution in [3.8, 4) is 16.9 Å². The van der Waals surface area contributed by atoms with E-state index in [1.807, 2.05) is 0 Å². The molecule has 1 nitrogen and oxygen atoms in total. The molecule has 3 aromatic rings. The Hall–Kier alpha value is -3.43. The van der Waals surface area contributed by atoms with Gasteiger partial charge in [0, 0.05) is 29.3 Å². The largest absolute Gasteiger partial charge is 0.429 e. The maximum atomic E-state index is 14.5. The molecule has 0 atom stereocenters. The van der Waals surface area contributed by atoms with E-state index >= 15 is 0 Å². The third kappa shape index (κ3) is 5.50. The van der Waals surface area contributed by atoms with E-state index in [4.69, 9.17) is 0 Å². The van der Waals surface area contributed by atoms with Gasteiger partial charge in [0.2, 0.25) is 0 Å². The lowest BCUT2D eigenvalue weighted by molar-refractivity contribution is -0.187. The molecule has 0 heterocycles. The Labute approximate surface area is 181 Å². The van der Waals surface area contributed by atoms with Gasteiger partial charge in [0.25, 0.3) is 0 Å². The van der Waals surface area contributed by atoms with E-state index in [2.05, 4.69) is 4.74 Å². The third-order valence-corrected chi connectivity index (χ3v) is 4.50. The fraction of sp³-hybridized carbons (Fsp3) is 0.130. The monoisotopic (exact) mass is 476 g/mol. The van der Waals surface area contributed by atoms with Crippen LogP contribution in [0.2, 0.25) is 0 Å². The van der Waals surface area contributed by atoms with Crippen molar-refractivity contribution in [1.82, 2.24) is 0 Å². The van der Waals surface area contributed by atoms with Gasteiger partial charge in [-0.1, -0.05) is 35.9 Å². The summed E-state index contributed by atoms with van der Waals surface area (Å²) >= 11 is 0. The molecule has 0 amide bonds. The van der Waals surface area contributed by atoms with Gasteiger partial charge in [-0.2, -0.15) is 22.0 Å². The van der Waals surface area contributed by atoms with Crippen LogP contribution in [0.5, 0.6) is 5.75 Å². The summed E-state index contributed by atoms with van der Waals surface area (Å²) in [6, 6.07) is 7.97. The van der Waals surface area contributed by atoms with Gasteiger partial charge in [0.05, 0.1) is 0 Å². The summed E-state index contributed by atoms with van der Waals surface area (Å²) in [5, 5.41) is 0. The maximum absolute atomic E-state index is 14.5. The van der Waals surface area contributed by atoms with Crippen molar-refractivity contribution in [2.45, 2.75) is 19.2 Å². The predicted octanol–water partition coefficient (Wildman–Crippen LogP) is 7.92. The van der Waals surface area contributed by atoms with Crippen LogP contribution in [0.15, 0.2) is 54.6 Å². The summed E-state index contributed by atoms with van der Waals surface area (Å²) in [7, 11) is 0. The molecule has 3 aromatic carbocycles. The number of rotatable bonds is 5. The number of benzene rings is 3. The highest BCUT2D eigenvalue weighted by Gasteiger charge is 2.39. The number of alkyl halides is 5. The Morgan fingerprint density at radius 3 is 1.88 bits per heavy atom. The molecule has 0 aliphatic heterocycles. The summed E-state index contributed by atoms with van der Waals surface area (Å²) in [5.41, 5.74) is -1.94. The first kappa shape index (κ1) is 24.2. The van der Waals surface area contributed by atoms with Crippen LogP contribution in [0.1, 0.15) is 16.7 Å². The van der Waals surface area contributed by atoms with Crippen LogP contribution < -0.4 is 4.74 Å². The minimum Gasteiger partial charge on any atom is -0.429 e. The first-order valence-electron chi connectivity index (χ1n) is 9.16. The first-order valence-corrected chi connectivity index (χ1v) is 9.16. The molecule has 0 N–H and O–H groups in total. The second kappa shape index (κ2) is 8.84. The molecule has 0 unspecified atom stereocenters. The highest BCUT2D eigenvalue weighted by molar-refractivity contribution is 5.65. The molecule has 0 radical (unpaired) electrons. The smallest absolute Gasteiger partial charge is 0.429 e. The number of hydrogen-bond acceptors (Lipinski definition) is 1. The number of hydrogen-bond donors (Lipinski definition) is 0. The second-order valence-corrected chi connectivity index (χ2v) is 6.95. The quantitative estimate of drug-likeness (QED) is 0.340. The van der Waals surface area contributed by atoms with Crippen LogP contribution in [0, 0.1) is 30.2 Å². The molecule has 0 fully saturated rings. The van der Waals surface area contributed by atoms with Gasteiger partial charge < -0.3 is 4.74 Å². The molecule has 3 rings (SSSR count). The van der Waals surface area contributed by atoms with Crippen molar-refractivity contribution in [3.05, 3.63) is 94.6 Å². The van der Waals surface area contributed by atoms with Gasteiger partial charge in [0.15, 0.2) is 11.6 Å². The van der Waals surface area contributed by atoms with Crippen molar-refractivity contribution in [2.75, 3.05) is 0 Å². The topological polar surface area (TPSA) is 9.23 Å². The molecule has 33 heavy (non-hydrogen) atoms. The second-order valence-electron chi connectivity index (χ2n) is 6.95. The molecule has 0 aliphatic carbocycles. The standard InChI is InChI=1S/C23H13F9O/c1-12-2-4-13(5-3-12)15-6-7-17(21(27)20(15)26)23(31,32)33-14-10-18(24)16(19(25)11-14)8-9-22(28,29)30/h2-11H,1H3/b9-8+. The number of ether oxygens (including phenoxy) is 1. The highest BCUT2D eigenvalue weighted by Crippen LogP contribution is 2.37. The van der Waals surface area contributed by atoms with Gasteiger partial charge in [-0.15, -0.1) is 0 Å². The summed E-state index contributed by atoms with van der Waals surface area (Å²) < 4.78 is 127. The average molecular weight is 476 g/mol. The fourth-order valence-corrected chi connectivity index (χ4v) is 2.89. The van der Waals surface area contributed by atoms with Crippen molar-refractivity contribution in [3.63, 3.8) is 0 Å². The summed E-state index contributed by atoms with van der Waals surface area (Å²) in [6.07, 6.45) is -9.81. The molecule has 10 heteroatoms. The Kier molecular flexibility index (Phi) is 6.49. The molecular weight excluding hydrogens is 463 g/mol. The molecule has 0 aliphatic rings. The SMILES string of the molecule is Cc1ccc(-c2ccc(C(F)(F)Oc3cc(F)c(/C=C/C(F)(F)F)c(F)c3)c(F)c2F)cc1. The number of allylic oxidation sites excluding steroid dienone is 1. The molecular formula is C23H13F9O. The third-order valence-electron chi connectivity index (χ3n) is 4.50. The van der Waals surface area contributed by atoms with E-state index in [0.29, 0.717) is 6.07 Å². The van der Waals surface area contributed by atoms with E-state index in [1.54, 1.807) is 19.1 Å². The Bertz CT molecular complexity index is 1170. The molecule has 0 spiro atoms. The zero-order valence-electron chi connectivity index (χ0n) is 16.6. The van der Waals surface area contributed by atoms with E-state index < -0.39 is 58.5 Å². The Morgan fingerprint density at radius 2 is 1.33 bits per heavy atom. The lowest BCUT2D eigenvalue weighted by Crippen LogP contribution is -2.24. The van der Waals surface area contributed by atoms with E-state index in [9.17, 15) is 39.5 Å². The van der Waals surface area contributed by atoms with Crippen LogP contribution in [0.4, 0.5) is 39.5 Å². The Balaban J connectivity index is 1.93. The zero-order chi connectivity index (χ0) is 24.6. The lowest BCUT2D eigenvalue weighted by Gasteiger charge is -2.20. The van der Waals surface area contributed by atoms with E-state index in [1.165, 1.54) is 12.1 Å². The van der Waals surface area contributed by atoms with Gasteiger partial charge in [-0.05, 0) is 24.6 Å². The van der Waals surface area contributed by atoms with Crippen LogP contribution in [-0.2, 0) is 6.11 Å². The first-order chi connectivity index (χ1) is 15.3. The van der Waals surface area contributed by atoms with Gasteiger partial charge in [-0.3, -0.25) is 0 Å². The van der Waals surface area contributed by atoms with Crippen molar-refractivity contribution < 1.29 is 44.3 Å². The van der Waals surface area contributed by atoms with Crippen molar-refractivity contribution in [1.29, 1.82) is 0 Å². The van der Waals surface area contributed by atoms with Crippen LogP contribution in [0.3, 0.4) is 0 Å². The van der Waals surface area contributed by atoms with E-state index in [0.717, 1.165) is 11.6 Å². The van der Waals surface area contributed by atoms with Crippen LogP contribution in [-0.4, -0.2) is 6.18 Å².